The van der Waals surface area contributed by atoms with Crippen LogP contribution in [-0.4, -0.2) is 36.1 Å². The van der Waals surface area contributed by atoms with Crippen molar-refractivity contribution in [3.63, 3.8) is 0 Å². The fourth-order valence-corrected chi connectivity index (χ4v) is 0.941. The van der Waals surface area contributed by atoms with Gasteiger partial charge in [-0.1, -0.05) is 13.3 Å². The number of ether oxygens (including phenoxy) is 1. The van der Waals surface area contributed by atoms with E-state index in [0.717, 1.165) is 19.3 Å². The van der Waals surface area contributed by atoms with Gasteiger partial charge in [-0.3, -0.25) is 0 Å². The van der Waals surface area contributed by atoms with Gasteiger partial charge >= 0.3 is 0 Å². The molecule has 0 radical (unpaired) electrons. The van der Waals surface area contributed by atoms with Crippen LogP contribution in [-0.2, 0) is 4.74 Å². The fourth-order valence-electron chi connectivity index (χ4n) is 0.941. The predicted molar refractivity (Wildman–Crippen MR) is 48.1 cm³/mol. The molecule has 0 aliphatic heterocycles. The molecule has 0 aromatic rings. The maximum Gasteiger partial charge on any atom is 0.0806 e. The molecule has 0 saturated heterocycles. The highest BCUT2D eigenvalue weighted by molar-refractivity contribution is 4.55. The van der Waals surface area contributed by atoms with E-state index >= 15 is 0 Å². The number of hydrogen-bond donors (Lipinski definition) is 2. The lowest BCUT2D eigenvalue weighted by Crippen LogP contribution is -2.18. The van der Waals surface area contributed by atoms with E-state index in [1.54, 1.807) is 0 Å². The number of rotatable bonds is 8. The molecule has 1 unspecified atom stereocenters. The average Bonchev–Trinajstić information content (AvgIpc) is 2.11. The standard InChI is InChI=1S/C9H20O3/c1-2-3-7-12-9(8-11)5-4-6-10/h9-11H,2-8H2,1H3. The summed E-state index contributed by atoms with van der Waals surface area (Å²) in [5.74, 6) is 0. The van der Waals surface area contributed by atoms with Gasteiger partial charge in [0.2, 0.25) is 0 Å². The lowest BCUT2D eigenvalue weighted by molar-refractivity contribution is 0.00356. The Morgan fingerprint density at radius 1 is 1.25 bits per heavy atom. The van der Waals surface area contributed by atoms with Crippen LogP contribution in [0.25, 0.3) is 0 Å². The van der Waals surface area contributed by atoms with Gasteiger partial charge in [-0.2, -0.15) is 0 Å². The van der Waals surface area contributed by atoms with Crippen LogP contribution in [0.3, 0.4) is 0 Å². The lowest BCUT2D eigenvalue weighted by atomic mass is 10.2. The Balaban J connectivity index is 3.26. The normalized spacial score (nSPS) is 13.2. The van der Waals surface area contributed by atoms with Crippen LogP contribution in [0.1, 0.15) is 32.6 Å². The van der Waals surface area contributed by atoms with Gasteiger partial charge in [0, 0.05) is 13.2 Å². The largest absolute Gasteiger partial charge is 0.396 e. The van der Waals surface area contributed by atoms with Crippen LogP contribution in [0.2, 0.25) is 0 Å². The average molecular weight is 176 g/mol. The molecule has 0 heterocycles. The number of unbranched alkanes of at least 4 members (excludes halogenated alkanes) is 1. The molecule has 0 aliphatic carbocycles. The van der Waals surface area contributed by atoms with Crippen molar-refractivity contribution in [1.82, 2.24) is 0 Å². The third-order valence-corrected chi connectivity index (χ3v) is 1.74. The maximum atomic E-state index is 8.85. The second-order valence-electron chi connectivity index (χ2n) is 2.89. The summed E-state index contributed by atoms with van der Waals surface area (Å²) in [5, 5.41) is 17.4. The van der Waals surface area contributed by atoms with E-state index in [-0.39, 0.29) is 19.3 Å². The minimum Gasteiger partial charge on any atom is -0.396 e. The molecule has 0 fully saturated rings. The van der Waals surface area contributed by atoms with Crippen molar-refractivity contribution in [1.29, 1.82) is 0 Å². The molecule has 0 amide bonds. The van der Waals surface area contributed by atoms with Gasteiger partial charge in [-0.15, -0.1) is 0 Å². The van der Waals surface area contributed by atoms with Crippen LogP contribution in [0.5, 0.6) is 0 Å². The zero-order valence-corrected chi connectivity index (χ0v) is 7.83. The molecule has 0 aromatic carbocycles. The van der Waals surface area contributed by atoms with Crippen LogP contribution in [0.15, 0.2) is 0 Å². The Hall–Kier alpha value is -0.120. The van der Waals surface area contributed by atoms with Gasteiger partial charge in [0.1, 0.15) is 0 Å². The molecule has 3 nitrogen and oxygen atoms in total. The summed E-state index contributed by atoms with van der Waals surface area (Å²) >= 11 is 0. The van der Waals surface area contributed by atoms with Gasteiger partial charge in [0.05, 0.1) is 12.7 Å². The van der Waals surface area contributed by atoms with E-state index < -0.39 is 0 Å². The molecule has 0 aromatic heterocycles. The predicted octanol–water partition coefficient (Wildman–Crippen LogP) is 0.936. The summed E-state index contributed by atoms with van der Waals surface area (Å²) in [6, 6.07) is 0. The molecule has 1 atom stereocenters. The first kappa shape index (κ1) is 11.9. The van der Waals surface area contributed by atoms with Crippen molar-refractivity contribution in [2.75, 3.05) is 19.8 Å². The molecule has 0 spiro atoms. The molecular weight excluding hydrogens is 156 g/mol. The van der Waals surface area contributed by atoms with Crippen LogP contribution in [0.4, 0.5) is 0 Å². The summed E-state index contributed by atoms with van der Waals surface area (Å²) in [6.07, 6.45) is 3.52. The van der Waals surface area contributed by atoms with Crippen molar-refractivity contribution >= 4 is 0 Å². The Morgan fingerprint density at radius 2 is 2.00 bits per heavy atom. The van der Waals surface area contributed by atoms with E-state index in [4.69, 9.17) is 14.9 Å². The Morgan fingerprint density at radius 3 is 2.50 bits per heavy atom. The van der Waals surface area contributed by atoms with Gasteiger partial charge < -0.3 is 14.9 Å². The van der Waals surface area contributed by atoms with Crippen molar-refractivity contribution < 1.29 is 14.9 Å². The molecule has 0 aliphatic rings. The van der Waals surface area contributed by atoms with Gasteiger partial charge in [0.25, 0.3) is 0 Å². The first-order valence-corrected chi connectivity index (χ1v) is 4.68. The van der Waals surface area contributed by atoms with E-state index in [1.807, 2.05) is 0 Å². The number of aliphatic hydroxyl groups is 2. The Labute approximate surface area is 74.4 Å². The SMILES string of the molecule is CCCCOC(CO)CCCO. The van der Waals surface area contributed by atoms with E-state index in [1.165, 1.54) is 0 Å². The monoisotopic (exact) mass is 176 g/mol. The summed E-state index contributed by atoms with van der Waals surface area (Å²) in [4.78, 5) is 0. The first-order chi connectivity index (χ1) is 5.85. The lowest BCUT2D eigenvalue weighted by Gasteiger charge is -2.14. The van der Waals surface area contributed by atoms with Crippen molar-refractivity contribution in [3.8, 4) is 0 Å². The molecule has 0 bridgehead atoms. The molecule has 0 saturated carbocycles. The van der Waals surface area contributed by atoms with Crippen molar-refractivity contribution in [2.45, 2.75) is 38.7 Å². The Bertz CT molecular complexity index is 85.8. The van der Waals surface area contributed by atoms with Crippen molar-refractivity contribution in [3.05, 3.63) is 0 Å². The molecule has 74 valence electrons. The highest BCUT2D eigenvalue weighted by Gasteiger charge is 2.05. The van der Waals surface area contributed by atoms with Crippen LogP contribution in [0, 0.1) is 0 Å². The summed E-state index contributed by atoms with van der Waals surface area (Å²) < 4.78 is 5.37. The summed E-state index contributed by atoms with van der Waals surface area (Å²) in [7, 11) is 0. The molecule has 2 N–H and O–H groups in total. The maximum absolute atomic E-state index is 8.85. The van der Waals surface area contributed by atoms with Gasteiger partial charge in [-0.25, -0.2) is 0 Å². The van der Waals surface area contributed by atoms with E-state index in [2.05, 4.69) is 6.92 Å². The molecule has 3 heteroatoms. The zero-order chi connectivity index (χ0) is 9.23. The summed E-state index contributed by atoms with van der Waals surface area (Å²) in [6.45, 7) is 3.05. The molecule has 0 rings (SSSR count). The zero-order valence-electron chi connectivity index (χ0n) is 7.83. The third kappa shape index (κ3) is 6.58. The third-order valence-electron chi connectivity index (χ3n) is 1.74. The fraction of sp³-hybridized carbons (Fsp3) is 1.00. The van der Waals surface area contributed by atoms with Gasteiger partial charge in [-0.05, 0) is 19.3 Å². The summed E-state index contributed by atoms with van der Waals surface area (Å²) in [5.41, 5.74) is 0. The smallest absolute Gasteiger partial charge is 0.0806 e. The minimum absolute atomic E-state index is 0.0592. The topological polar surface area (TPSA) is 49.7 Å². The minimum atomic E-state index is -0.0799. The van der Waals surface area contributed by atoms with E-state index in [0.29, 0.717) is 13.0 Å². The van der Waals surface area contributed by atoms with E-state index in [9.17, 15) is 0 Å². The highest BCUT2D eigenvalue weighted by atomic mass is 16.5. The Kier molecular flexibility index (Phi) is 8.88. The molecular formula is C9H20O3. The highest BCUT2D eigenvalue weighted by Crippen LogP contribution is 2.02. The first-order valence-electron chi connectivity index (χ1n) is 4.68. The van der Waals surface area contributed by atoms with Gasteiger partial charge in [0.15, 0.2) is 0 Å². The second-order valence-corrected chi connectivity index (χ2v) is 2.89. The second kappa shape index (κ2) is 8.97. The molecule has 12 heavy (non-hydrogen) atoms. The number of aliphatic hydroxyl groups excluding tert-OH is 2. The quantitative estimate of drug-likeness (QED) is 0.541. The van der Waals surface area contributed by atoms with Crippen LogP contribution < -0.4 is 0 Å². The number of hydrogen-bond acceptors (Lipinski definition) is 3. The van der Waals surface area contributed by atoms with Crippen LogP contribution >= 0.6 is 0 Å². The van der Waals surface area contributed by atoms with Crippen molar-refractivity contribution in [2.24, 2.45) is 0 Å².